The summed E-state index contributed by atoms with van der Waals surface area (Å²) in [6, 6.07) is 3.40. The van der Waals surface area contributed by atoms with Crippen LogP contribution in [0.15, 0.2) is 12.1 Å². The Labute approximate surface area is 106 Å². The van der Waals surface area contributed by atoms with Gasteiger partial charge in [-0.2, -0.15) is 0 Å². The molecule has 0 aliphatic carbocycles. The number of benzene rings is 1. The van der Waals surface area contributed by atoms with Crippen LogP contribution >= 0.6 is 0 Å². The van der Waals surface area contributed by atoms with Crippen LogP contribution in [0.4, 0.5) is 11.4 Å². The molecule has 1 aromatic rings. The summed E-state index contributed by atoms with van der Waals surface area (Å²) in [7, 11) is 0. The summed E-state index contributed by atoms with van der Waals surface area (Å²) in [6.07, 6.45) is 3.27. The smallest absolute Gasteiger partial charge is 0.262 e. The van der Waals surface area contributed by atoms with Crippen molar-refractivity contribution in [2.75, 3.05) is 24.3 Å². The van der Waals surface area contributed by atoms with Crippen molar-refractivity contribution < 1.29 is 14.3 Å². The van der Waals surface area contributed by atoms with Gasteiger partial charge in [0.15, 0.2) is 6.61 Å². The van der Waals surface area contributed by atoms with Crippen LogP contribution in [0.1, 0.15) is 26.2 Å². The van der Waals surface area contributed by atoms with E-state index in [1.807, 2.05) is 0 Å². The Morgan fingerprint density at radius 2 is 2.28 bits per heavy atom. The number of anilines is 2. The van der Waals surface area contributed by atoms with E-state index in [-0.39, 0.29) is 12.5 Å². The third-order valence-electron chi connectivity index (χ3n) is 2.75. The van der Waals surface area contributed by atoms with Gasteiger partial charge in [-0.3, -0.25) is 4.79 Å². The van der Waals surface area contributed by atoms with Crippen molar-refractivity contribution in [2.45, 2.75) is 26.2 Å². The minimum atomic E-state index is -0.163. The fraction of sp³-hybridized carbons (Fsp3) is 0.462. The van der Waals surface area contributed by atoms with Crippen LogP contribution in [0.2, 0.25) is 0 Å². The van der Waals surface area contributed by atoms with E-state index in [0.29, 0.717) is 29.5 Å². The topological polar surface area (TPSA) is 73.6 Å². The van der Waals surface area contributed by atoms with Crippen molar-refractivity contribution in [3.8, 4) is 11.5 Å². The zero-order chi connectivity index (χ0) is 13.0. The van der Waals surface area contributed by atoms with Crippen molar-refractivity contribution in [3.05, 3.63) is 12.1 Å². The third-order valence-corrected chi connectivity index (χ3v) is 2.75. The Bertz CT molecular complexity index is 446. The average Bonchev–Trinajstić information content (AvgIpc) is 2.35. The zero-order valence-electron chi connectivity index (χ0n) is 10.5. The lowest BCUT2D eigenvalue weighted by atomic mass is 10.2. The maximum Gasteiger partial charge on any atom is 0.262 e. The molecule has 2 rings (SSSR count). The molecule has 5 nitrogen and oxygen atoms in total. The first kappa shape index (κ1) is 12.5. The second kappa shape index (κ2) is 5.62. The van der Waals surface area contributed by atoms with Gasteiger partial charge in [0.1, 0.15) is 11.5 Å². The highest BCUT2D eigenvalue weighted by molar-refractivity contribution is 5.96. The highest BCUT2D eigenvalue weighted by atomic mass is 16.5. The Morgan fingerprint density at radius 1 is 1.44 bits per heavy atom. The number of nitrogens with two attached hydrogens (primary N) is 1. The second-order valence-electron chi connectivity index (χ2n) is 4.28. The number of ether oxygens (including phenoxy) is 2. The van der Waals surface area contributed by atoms with Crippen LogP contribution in [0.25, 0.3) is 0 Å². The van der Waals surface area contributed by atoms with Gasteiger partial charge < -0.3 is 20.5 Å². The number of carbonyl (C=O) groups is 1. The average molecular weight is 250 g/mol. The Kier molecular flexibility index (Phi) is 3.92. The van der Waals surface area contributed by atoms with E-state index in [2.05, 4.69) is 12.2 Å². The van der Waals surface area contributed by atoms with Gasteiger partial charge in [-0.15, -0.1) is 0 Å². The molecule has 1 aliphatic rings. The molecule has 0 spiro atoms. The Balaban J connectivity index is 2.06. The van der Waals surface area contributed by atoms with Gasteiger partial charge in [0.05, 0.1) is 18.0 Å². The molecule has 1 aliphatic heterocycles. The van der Waals surface area contributed by atoms with Gasteiger partial charge in [-0.05, 0) is 6.42 Å². The van der Waals surface area contributed by atoms with E-state index in [4.69, 9.17) is 15.2 Å². The van der Waals surface area contributed by atoms with Crippen molar-refractivity contribution in [1.29, 1.82) is 0 Å². The van der Waals surface area contributed by atoms with E-state index in [9.17, 15) is 4.79 Å². The number of rotatable bonds is 5. The minimum absolute atomic E-state index is 0.0309. The summed E-state index contributed by atoms with van der Waals surface area (Å²) in [6.45, 7) is 2.80. The van der Waals surface area contributed by atoms with E-state index in [1.165, 1.54) is 0 Å². The highest BCUT2D eigenvalue weighted by Gasteiger charge is 2.18. The van der Waals surface area contributed by atoms with Gasteiger partial charge in [-0.1, -0.05) is 19.8 Å². The molecule has 0 aromatic heterocycles. The fourth-order valence-corrected chi connectivity index (χ4v) is 1.78. The molecular weight excluding hydrogens is 232 g/mol. The zero-order valence-corrected chi connectivity index (χ0v) is 10.5. The summed E-state index contributed by atoms with van der Waals surface area (Å²) in [5.41, 5.74) is 7.02. The largest absolute Gasteiger partial charge is 0.491 e. The number of hydrogen-bond donors (Lipinski definition) is 2. The summed E-state index contributed by atoms with van der Waals surface area (Å²) >= 11 is 0. The lowest BCUT2D eigenvalue weighted by Gasteiger charge is -2.20. The monoisotopic (exact) mass is 250 g/mol. The summed E-state index contributed by atoms with van der Waals surface area (Å²) in [5, 5.41) is 2.73. The van der Waals surface area contributed by atoms with Crippen LogP contribution < -0.4 is 20.5 Å². The molecular formula is C13H18N2O3. The quantitative estimate of drug-likeness (QED) is 0.620. The predicted octanol–water partition coefficient (Wildman–Crippen LogP) is 2.17. The first-order valence-electron chi connectivity index (χ1n) is 6.19. The molecule has 0 radical (unpaired) electrons. The van der Waals surface area contributed by atoms with Crippen LogP contribution in [-0.2, 0) is 4.79 Å². The molecule has 0 unspecified atom stereocenters. The number of amides is 1. The lowest BCUT2D eigenvalue weighted by Crippen LogP contribution is -2.25. The Morgan fingerprint density at radius 3 is 3.06 bits per heavy atom. The number of hydrogen-bond acceptors (Lipinski definition) is 4. The van der Waals surface area contributed by atoms with E-state index in [0.717, 1.165) is 19.3 Å². The van der Waals surface area contributed by atoms with Crippen LogP contribution in [0.5, 0.6) is 11.5 Å². The van der Waals surface area contributed by atoms with Gasteiger partial charge in [0.2, 0.25) is 0 Å². The molecule has 0 saturated heterocycles. The van der Waals surface area contributed by atoms with Crippen molar-refractivity contribution in [2.24, 2.45) is 0 Å². The minimum Gasteiger partial charge on any atom is -0.491 e. The Hall–Kier alpha value is -1.91. The molecule has 0 saturated carbocycles. The molecule has 0 bridgehead atoms. The fourth-order valence-electron chi connectivity index (χ4n) is 1.78. The number of nitrogens with one attached hydrogen (secondary N) is 1. The maximum atomic E-state index is 11.2. The molecule has 98 valence electrons. The predicted molar refractivity (Wildman–Crippen MR) is 70.0 cm³/mol. The molecule has 1 amide bonds. The van der Waals surface area contributed by atoms with E-state index < -0.39 is 0 Å². The summed E-state index contributed by atoms with van der Waals surface area (Å²) in [4.78, 5) is 11.2. The first-order chi connectivity index (χ1) is 8.70. The number of fused-ring (bicyclic) bond motifs is 1. The molecule has 0 fully saturated rings. The summed E-state index contributed by atoms with van der Waals surface area (Å²) in [5.74, 6) is 1.02. The van der Waals surface area contributed by atoms with Crippen molar-refractivity contribution in [1.82, 2.24) is 0 Å². The molecule has 1 aromatic carbocycles. The van der Waals surface area contributed by atoms with Gasteiger partial charge >= 0.3 is 0 Å². The summed E-state index contributed by atoms with van der Waals surface area (Å²) < 4.78 is 10.9. The SMILES string of the molecule is CCCCCOc1cc2c(cc1N)OCC(=O)N2. The van der Waals surface area contributed by atoms with Gasteiger partial charge in [-0.25, -0.2) is 0 Å². The van der Waals surface area contributed by atoms with Crippen LogP contribution in [0.3, 0.4) is 0 Å². The van der Waals surface area contributed by atoms with Crippen molar-refractivity contribution >= 4 is 17.3 Å². The van der Waals surface area contributed by atoms with E-state index in [1.54, 1.807) is 12.1 Å². The molecule has 3 N–H and O–H groups in total. The van der Waals surface area contributed by atoms with E-state index >= 15 is 0 Å². The molecule has 1 heterocycles. The maximum absolute atomic E-state index is 11.2. The second-order valence-corrected chi connectivity index (χ2v) is 4.28. The van der Waals surface area contributed by atoms with Crippen LogP contribution in [-0.4, -0.2) is 19.1 Å². The lowest BCUT2D eigenvalue weighted by molar-refractivity contribution is -0.118. The first-order valence-corrected chi connectivity index (χ1v) is 6.19. The van der Waals surface area contributed by atoms with Gasteiger partial charge in [0, 0.05) is 12.1 Å². The highest BCUT2D eigenvalue weighted by Crippen LogP contribution is 2.36. The third kappa shape index (κ3) is 2.85. The molecule has 18 heavy (non-hydrogen) atoms. The number of unbranched alkanes of at least 4 members (excludes halogenated alkanes) is 2. The number of nitrogen functional groups attached to an aromatic ring is 1. The normalized spacial score (nSPS) is 13.5. The van der Waals surface area contributed by atoms with Crippen LogP contribution in [0, 0.1) is 0 Å². The van der Waals surface area contributed by atoms with Gasteiger partial charge in [0.25, 0.3) is 5.91 Å². The number of carbonyl (C=O) groups excluding carboxylic acids is 1. The molecule has 0 atom stereocenters. The molecule has 5 heteroatoms. The standard InChI is InChI=1S/C13H18N2O3/c1-2-3-4-5-17-11-7-10-12(6-9(11)14)18-8-13(16)15-10/h6-7H,2-5,8,14H2,1H3,(H,15,16). The van der Waals surface area contributed by atoms with Crippen molar-refractivity contribution in [3.63, 3.8) is 0 Å².